The molecule has 0 spiro atoms. The lowest BCUT2D eigenvalue weighted by atomic mass is 9.96. The molecule has 1 aliphatic rings. The predicted molar refractivity (Wildman–Crippen MR) is 88.3 cm³/mol. The molecule has 0 aliphatic heterocycles. The van der Waals surface area contributed by atoms with Crippen molar-refractivity contribution in [1.82, 2.24) is 10.5 Å². The fourth-order valence-corrected chi connectivity index (χ4v) is 2.09. The zero-order valence-electron chi connectivity index (χ0n) is 12.8. The summed E-state index contributed by atoms with van der Waals surface area (Å²) in [6.07, 6.45) is 2.19. The van der Waals surface area contributed by atoms with E-state index in [9.17, 15) is 14.0 Å². The predicted octanol–water partition coefficient (Wildman–Crippen LogP) is 1.12. The molecule has 3 rings (SSSR count). The van der Waals surface area contributed by atoms with Gasteiger partial charge in [0, 0.05) is 6.07 Å². The summed E-state index contributed by atoms with van der Waals surface area (Å²) in [5.41, 5.74) is 2.38. The Bertz CT molecular complexity index is 820. The highest BCUT2D eigenvalue weighted by Crippen LogP contribution is 2.28. The van der Waals surface area contributed by atoms with Gasteiger partial charge in [-0.1, -0.05) is 11.5 Å². The molecule has 122 valence electrons. The molecule has 1 heterocycles. The van der Waals surface area contributed by atoms with E-state index in [1.54, 1.807) is 0 Å². The Hall–Kier alpha value is -2.61. The molecular weight excluding hydrogens is 312 g/mol. The van der Waals surface area contributed by atoms with Gasteiger partial charge in [-0.25, -0.2) is 9.87 Å². The first-order valence-corrected chi connectivity index (χ1v) is 7.50. The number of H-pyrrole nitrogens is 1. The Morgan fingerprint density at radius 3 is 2.83 bits per heavy atom. The van der Waals surface area contributed by atoms with Gasteiger partial charge in [-0.2, -0.15) is 0 Å². The Labute approximate surface area is 138 Å². The number of pyridine rings is 1. The van der Waals surface area contributed by atoms with Crippen LogP contribution < -0.4 is 21.8 Å². The van der Waals surface area contributed by atoms with Gasteiger partial charge in [-0.3, -0.25) is 14.4 Å². The maximum atomic E-state index is 13.9. The molecule has 6 nitrogen and oxygen atoms in total. The summed E-state index contributed by atoms with van der Waals surface area (Å²) >= 11 is 0. The summed E-state index contributed by atoms with van der Waals surface area (Å²) in [6.45, 7) is 0.449. The maximum Gasteiger partial charge on any atom is 0.278 e. The number of carbonyl (C=O) groups excluding carboxylic acids is 1. The minimum atomic E-state index is -0.601. The van der Waals surface area contributed by atoms with Gasteiger partial charge >= 0.3 is 0 Å². The average molecular weight is 327 g/mol. The van der Waals surface area contributed by atoms with Crippen molar-refractivity contribution in [3.05, 3.63) is 52.1 Å². The molecule has 1 aliphatic carbocycles. The van der Waals surface area contributed by atoms with Crippen LogP contribution in [0.15, 0.2) is 35.1 Å². The number of amides is 1. The van der Waals surface area contributed by atoms with Crippen LogP contribution in [0.2, 0.25) is 0 Å². The number of benzene rings is 1. The summed E-state index contributed by atoms with van der Waals surface area (Å²) in [5, 5.41) is 2.70. The first-order valence-electron chi connectivity index (χ1n) is 7.50. The molecule has 1 amide bonds. The van der Waals surface area contributed by atoms with E-state index >= 15 is 0 Å². The van der Waals surface area contributed by atoms with Crippen molar-refractivity contribution in [1.29, 1.82) is 0 Å². The molecule has 3 N–H and O–H groups in total. The standard InChI is InChI=1S/C16H15BFN3O3/c17-10-3-5-13(12(18)7-10)19-15-11(4-6-14(22)20-15)16(23)21-24-8-9-1-2-9/h3-7,9H,1-2,8H2,(H,21,23)(H2,19,20,22). The molecule has 2 aromatic rings. The quantitative estimate of drug-likeness (QED) is 0.548. The summed E-state index contributed by atoms with van der Waals surface area (Å²) in [7, 11) is 5.50. The number of hydrogen-bond donors (Lipinski definition) is 3. The summed E-state index contributed by atoms with van der Waals surface area (Å²) in [5.74, 6) is -0.581. The van der Waals surface area contributed by atoms with Gasteiger partial charge in [-0.15, -0.1) is 0 Å². The Morgan fingerprint density at radius 1 is 1.33 bits per heavy atom. The van der Waals surface area contributed by atoms with E-state index < -0.39 is 17.3 Å². The van der Waals surface area contributed by atoms with Crippen LogP contribution in [0.3, 0.4) is 0 Å². The first kappa shape index (κ1) is 16.3. The highest BCUT2D eigenvalue weighted by atomic mass is 19.1. The van der Waals surface area contributed by atoms with Gasteiger partial charge in [-0.05, 0) is 37.0 Å². The molecule has 1 aromatic carbocycles. The van der Waals surface area contributed by atoms with Crippen molar-refractivity contribution in [2.24, 2.45) is 5.92 Å². The molecule has 1 fully saturated rings. The van der Waals surface area contributed by atoms with Crippen LogP contribution in [0.5, 0.6) is 0 Å². The summed E-state index contributed by atoms with van der Waals surface area (Å²) < 4.78 is 13.9. The third-order valence-electron chi connectivity index (χ3n) is 3.60. The van der Waals surface area contributed by atoms with Crippen molar-refractivity contribution in [3.8, 4) is 0 Å². The highest BCUT2D eigenvalue weighted by molar-refractivity contribution is 6.32. The van der Waals surface area contributed by atoms with Gasteiger partial charge in [0.15, 0.2) is 0 Å². The molecule has 0 unspecified atom stereocenters. The smallest absolute Gasteiger partial charge is 0.278 e. The molecule has 8 heteroatoms. The van der Waals surface area contributed by atoms with Crippen LogP contribution in [-0.4, -0.2) is 25.3 Å². The van der Waals surface area contributed by atoms with Crippen LogP contribution in [0.4, 0.5) is 15.9 Å². The third-order valence-corrected chi connectivity index (χ3v) is 3.60. The molecular formula is C16H15BFN3O3. The number of halogens is 1. The second-order valence-corrected chi connectivity index (χ2v) is 5.66. The third kappa shape index (κ3) is 4.02. The fourth-order valence-electron chi connectivity index (χ4n) is 2.09. The largest absolute Gasteiger partial charge is 0.339 e. The van der Waals surface area contributed by atoms with E-state index in [0.717, 1.165) is 18.9 Å². The molecule has 1 aromatic heterocycles. The van der Waals surface area contributed by atoms with Crippen molar-refractivity contribution in [2.75, 3.05) is 11.9 Å². The number of hydroxylamine groups is 1. The monoisotopic (exact) mass is 327 g/mol. The van der Waals surface area contributed by atoms with E-state index in [-0.39, 0.29) is 22.5 Å². The zero-order chi connectivity index (χ0) is 17.1. The van der Waals surface area contributed by atoms with Gasteiger partial charge in [0.05, 0.1) is 17.9 Å². The molecule has 1 saturated carbocycles. The van der Waals surface area contributed by atoms with Gasteiger partial charge in [0.2, 0.25) is 5.56 Å². The number of aromatic amines is 1. The van der Waals surface area contributed by atoms with Crippen LogP contribution in [0.25, 0.3) is 0 Å². The van der Waals surface area contributed by atoms with E-state index in [0.29, 0.717) is 12.5 Å². The van der Waals surface area contributed by atoms with Gasteiger partial charge in [0.25, 0.3) is 5.91 Å². The van der Waals surface area contributed by atoms with E-state index in [1.165, 1.54) is 24.3 Å². The summed E-state index contributed by atoms with van der Waals surface area (Å²) in [6, 6.07) is 6.61. The first-order chi connectivity index (χ1) is 11.5. The zero-order valence-corrected chi connectivity index (χ0v) is 12.8. The second-order valence-electron chi connectivity index (χ2n) is 5.66. The van der Waals surface area contributed by atoms with Crippen molar-refractivity contribution >= 4 is 30.7 Å². The fraction of sp³-hybridized carbons (Fsp3) is 0.250. The number of anilines is 2. The Balaban J connectivity index is 1.79. The molecule has 0 saturated heterocycles. The minimum Gasteiger partial charge on any atom is -0.339 e. The van der Waals surface area contributed by atoms with Crippen LogP contribution in [0.1, 0.15) is 23.2 Å². The van der Waals surface area contributed by atoms with E-state index in [4.69, 9.17) is 12.7 Å². The minimum absolute atomic E-state index is 0.0682. The molecule has 0 atom stereocenters. The van der Waals surface area contributed by atoms with Crippen molar-refractivity contribution < 1.29 is 14.0 Å². The average Bonchev–Trinajstić information content (AvgIpc) is 3.34. The number of aromatic nitrogens is 1. The number of rotatable bonds is 6. The van der Waals surface area contributed by atoms with Gasteiger partial charge in [0.1, 0.15) is 19.5 Å². The van der Waals surface area contributed by atoms with Crippen LogP contribution >= 0.6 is 0 Å². The molecule has 0 bridgehead atoms. The maximum absolute atomic E-state index is 13.9. The number of nitrogens with one attached hydrogen (secondary N) is 3. The lowest BCUT2D eigenvalue weighted by Crippen LogP contribution is -2.26. The Morgan fingerprint density at radius 2 is 2.12 bits per heavy atom. The molecule has 24 heavy (non-hydrogen) atoms. The second kappa shape index (κ2) is 6.88. The van der Waals surface area contributed by atoms with E-state index in [1.807, 2.05) is 0 Å². The van der Waals surface area contributed by atoms with Crippen LogP contribution in [-0.2, 0) is 4.84 Å². The van der Waals surface area contributed by atoms with E-state index in [2.05, 4.69) is 15.8 Å². The van der Waals surface area contributed by atoms with Crippen molar-refractivity contribution in [2.45, 2.75) is 12.8 Å². The lowest BCUT2D eigenvalue weighted by Gasteiger charge is -2.12. The van der Waals surface area contributed by atoms with Crippen molar-refractivity contribution in [3.63, 3.8) is 0 Å². The highest BCUT2D eigenvalue weighted by Gasteiger charge is 2.22. The topological polar surface area (TPSA) is 83.2 Å². The molecule has 2 radical (unpaired) electrons. The summed E-state index contributed by atoms with van der Waals surface area (Å²) in [4.78, 5) is 31.3. The number of hydrogen-bond acceptors (Lipinski definition) is 4. The van der Waals surface area contributed by atoms with Gasteiger partial charge < -0.3 is 10.3 Å². The lowest BCUT2D eigenvalue weighted by molar-refractivity contribution is 0.0270. The Kier molecular flexibility index (Phi) is 4.66. The number of carbonyl (C=O) groups is 1. The normalized spacial score (nSPS) is 13.5. The van der Waals surface area contributed by atoms with Crippen LogP contribution in [0, 0.1) is 11.7 Å². The SMILES string of the molecule is [B]c1ccc(Nc2[nH]c(=O)ccc2C(=O)NOCC2CC2)c(F)c1.